The van der Waals surface area contributed by atoms with Crippen molar-refractivity contribution in [3.05, 3.63) is 101 Å². The molecule has 0 saturated carbocycles. The molecule has 1 unspecified atom stereocenters. The molecular formula is C27H23BrN2O5. The number of carboxylic acids is 1. The van der Waals surface area contributed by atoms with Gasteiger partial charge in [0.25, 0.3) is 5.91 Å². The van der Waals surface area contributed by atoms with E-state index in [0.29, 0.717) is 10.2 Å². The highest BCUT2D eigenvalue weighted by atomic mass is 79.9. The molecule has 178 valence electrons. The number of carboxylic acid groups (broad SMARTS) is 1. The van der Waals surface area contributed by atoms with Crippen LogP contribution in [0.1, 0.15) is 33.8 Å². The quantitative estimate of drug-likeness (QED) is 0.327. The minimum absolute atomic E-state index is 0.0552. The summed E-state index contributed by atoms with van der Waals surface area (Å²) in [7, 11) is 0. The predicted molar refractivity (Wildman–Crippen MR) is 137 cm³/mol. The van der Waals surface area contributed by atoms with Gasteiger partial charge in [0, 0.05) is 16.0 Å². The first kappa shape index (κ1) is 24.2. The van der Waals surface area contributed by atoms with Crippen LogP contribution in [0.4, 0.5) is 10.5 Å². The second kappa shape index (κ2) is 10.6. The van der Waals surface area contributed by atoms with Crippen molar-refractivity contribution in [2.45, 2.75) is 18.4 Å². The van der Waals surface area contributed by atoms with Crippen LogP contribution in [0.5, 0.6) is 0 Å². The Hall–Kier alpha value is -3.91. The van der Waals surface area contributed by atoms with Crippen LogP contribution in [0, 0.1) is 0 Å². The van der Waals surface area contributed by atoms with Gasteiger partial charge in [-0.3, -0.25) is 10.1 Å². The van der Waals surface area contributed by atoms with Gasteiger partial charge in [0.15, 0.2) is 0 Å². The molecule has 0 aliphatic heterocycles. The molecule has 0 bridgehead atoms. The van der Waals surface area contributed by atoms with Crippen LogP contribution >= 0.6 is 15.9 Å². The molecule has 1 aliphatic rings. The Balaban J connectivity index is 1.40. The van der Waals surface area contributed by atoms with E-state index < -0.39 is 24.0 Å². The Labute approximate surface area is 210 Å². The summed E-state index contributed by atoms with van der Waals surface area (Å²) in [4.78, 5) is 36.2. The number of hydrogen-bond donors (Lipinski definition) is 3. The fourth-order valence-corrected chi connectivity index (χ4v) is 4.61. The normalized spacial score (nSPS) is 12.7. The third-order valence-corrected chi connectivity index (χ3v) is 6.47. The molecule has 35 heavy (non-hydrogen) atoms. The number of carbonyl (C=O) groups excluding carboxylic acids is 2. The van der Waals surface area contributed by atoms with Crippen molar-refractivity contribution >= 4 is 39.6 Å². The molecule has 0 fully saturated rings. The lowest BCUT2D eigenvalue weighted by Gasteiger charge is -2.15. The van der Waals surface area contributed by atoms with Crippen molar-refractivity contribution in [3.8, 4) is 11.1 Å². The molecule has 3 aromatic carbocycles. The van der Waals surface area contributed by atoms with Crippen LogP contribution in [0.3, 0.4) is 0 Å². The highest BCUT2D eigenvalue weighted by Crippen LogP contribution is 2.44. The first-order valence-electron chi connectivity index (χ1n) is 10.9. The van der Waals surface area contributed by atoms with Gasteiger partial charge in [-0.1, -0.05) is 54.6 Å². The van der Waals surface area contributed by atoms with Crippen LogP contribution < -0.4 is 10.6 Å². The standard InChI is InChI=1S/C27H23BrN2O5/c1-2-7-24(26(32)33)29-25(31)16-12-13-23(22(28)14-16)30-27(34)35-15-21-19-10-5-3-8-17(19)18-9-4-6-11-20(18)21/h2-6,8-14,21,24H,1,7,15H2,(H,29,31)(H,30,34)(H,32,33). The van der Waals surface area contributed by atoms with E-state index in [9.17, 15) is 19.5 Å². The summed E-state index contributed by atoms with van der Waals surface area (Å²) in [6.07, 6.45) is 0.904. The lowest BCUT2D eigenvalue weighted by molar-refractivity contribution is -0.139. The van der Waals surface area contributed by atoms with Crippen molar-refractivity contribution in [3.63, 3.8) is 0 Å². The molecule has 3 N–H and O–H groups in total. The average molecular weight is 535 g/mol. The summed E-state index contributed by atoms with van der Waals surface area (Å²) in [5, 5.41) is 14.3. The van der Waals surface area contributed by atoms with Crippen molar-refractivity contribution in [1.82, 2.24) is 5.32 Å². The number of ether oxygens (including phenoxy) is 1. The Morgan fingerprint density at radius 2 is 1.66 bits per heavy atom. The summed E-state index contributed by atoms with van der Waals surface area (Å²) in [5.74, 6) is -1.75. The number of anilines is 1. The summed E-state index contributed by atoms with van der Waals surface area (Å²) in [6.45, 7) is 3.68. The Morgan fingerprint density at radius 3 is 2.23 bits per heavy atom. The van der Waals surface area contributed by atoms with Crippen LogP contribution in [-0.2, 0) is 9.53 Å². The van der Waals surface area contributed by atoms with Gasteiger partial charge in [-0.15, -0.1) is 6.58 Å². The molecule has 7 nitrogen and oxygen atoms in total. The SMILES string of the molecule is C=CCC(NC(=O)c1ccc(NC(=O)OCC2c3ccccc3-c3ccccc32)c(Br)c1)C(=O)O. The molecule has 4 rings (SSSR count). The minimum atomic E-state index is -1.15. The average Bonchev–Trinajstić information content (AvgIpc) is 3.17. The van der Waals surface area contributed by atoms with Crippen molar-refractivity contribution < 1.29 is 24.2 Å². The molecule has 8 heteroatoms. The number of carbonyl (C=O) groups is 3. The number of aliphatic carboxylic acids is 1. The molecular weight excluding hydrogens is 512 g/mol. The number of amides is 2. The van der Waals surface area contributed by atoms with Crippen molar-refractivity contribution in [2.75, 3.05) is 11.9 Å². The van der Waals surface area contributed by atoms with Crippen LogP contribution in [0.2, 0.25) is 0 Å². The molecule has 2 amide bonds. The summed E-state index contributed by atoms with van der Waals surface area (Å²) in [6, 6.07) is 19.6. The summed E-state index contributed by atoms with van der Waals surface area (Å²) in [5.41, 5.74) is 5.19. The third kappa shape index (κ3) is 5.27. The minimum Gasteiger partial charge on any atom is -0.480 e. The van der Waals surface area contributed by atoms with Gasteiger partial charge in [0.05, 0.1) is 5.69 Å². The number of fused-ring (bicyclic) bond motifs is 3. The summed E-state index contributed by atoms with van der Waals surface area (Å²) < 4.78 is 6.01. The molecule has 1 aliphatic carbocycles. The van der Waals surface area contributed by atoms with Crippen LogP contribution in [-0.4, -0.2) is 35.7 Å². The van der Waals surface area contributed by atoms with Crippen molar-refractivity contribution in [2.24, 2.45) is 0 Å². The zero-order valence-corrected chi connectivity index (χ0v) is 20.2. The maximum Gasteiger partial charge on any atom is 0.411 e. The zero-order chi connectivity index (χ0) is 24.9. The van der Waals surface area contributed by atoms with E-state index in [0.717, 1.165) is 22.3 Å². The van der Waals surface area contributed by atoms with Gasteiger partial charge in [-0.05, 0) is 62.8 Å². The molecule has 1 atom stereocenters. The second-order valence-electron chi connectivity index (χ2n) is 8.03. The van der Waals surface area contributed by atoms with E-state index in [1.54, 1.807) is 6.07 Å². The molecule has 0 aromatic heterocycles. The Bertz CT molecular complexity index is 1260. The van der Waals surface area contributed by atoms with E-state index in [-0.39, 0.29) is 24.5 Å². The number of benzene rings is 3. The van der Waals surface area contributed by atoms with Gasteiger partial charge < -0.3 is 15.2 Å². The second-order valence-corrected chi connectivity index (χ2v) is 8.89. The molecule has 0 saturated heterocycles. The number of hydrogen-bond acceptors (Lipinski definition) is 4. The fourth-order valence-electron chi connectivity index (χ4n) is 4.13. The lowest BCUT2D eigenvalue weighted by Crippen LogP contribution is -2.40. The largest absolute Gasteiger partial charge is 0.480 e. The number of rotatable bonds is 8. The van der Waals surface area contributed by atoms with E-state index in [1.807, 2.05) is 36.4 Å². The van der Waals surface area contributed by atoms with Crippen LogP contribution in [0.15, 0.2) is 83.9 Å². The van der Waals surface area contributed by atoms with E-state index in [2.05, 4.69) is 45.3 Å². The van der Waals surface area contributed by atoms with Crippen molar-refractivity contribution in [1.29, 1.82) is 0 Å². The third-order valence-electron chi connectivity index (χ3n) is 5.82. The maximum atomic E-state index is 12.5. The van der Waals surface area contributed by atoms with Gasteiger partial charge in [-0.25, -0.2) is 9.59 Å². The molecule has 0 spiro atoms. The highest BCUT2D eigenvalue weighted by molar-refractivity contribution is 9.10. The Kier molecular flexibility index (Phi) is 7.31. The van der Waals surface area contributed by atoms with E-state index in [1.165, 1.54) is 18.2 Å². The summed E-state index contributed by atoms with van der Waals surface area (Å²) >= 11 is 3.35. The van der Waals surface area contributed by atoms with Gasteiger partial charge in [0.1, 0.15) is 12.6 Å². The van der Waals surface area contributed by atoms with E-state index in [4.69, 9.17) is 4.74 Å². The zero-order valence-electron chi connectivity index (χ0n) is 18.7. The smallest absolute Gasteiger partial charge is 0.411 e. The fraction of sp³-hybridized carbons (Fsp3) is 0.148. The van der Waals surface area contributed by atoms with E-state index >= 15 is 0 Å². The first-order valence-corrected chi connectivity index (χ1v) is 11.7. The predicted octanol–water partition coefficient (Wildman–Crippen LogP) is 5.57. The molecule has 0 heterocycles. The number of nitrogens with one attached hydrogen (secondary N) is 2. The highest BCUT2D eigenvalue weighted by Gasteiger charge is 2.29. The first-order chi connectivity index (χ1) is 16.9. The van der Waals surface area contributed by atoms with Gasteiger partial charge in [0.2, 0.25) is 0 Å². The molecule has 0 radical (unpaired) electrons. The maximum absolute atomic E-state index is 12.5. The van der Waals surface area contributed by atoms with Crippen LogP contribution in [0.25, 0.3) is 11.1 Å². The molecule has 3 aromatic rings. The Morgan fingerprint density at radius 1 is 1.03 bits per heavy atom. The lowest BCUT2D eigenvalue weighted by atomic mass is 9.98. The topological polar surface area (TPSA) is 105 Å². The number of halogens is 1. The monoisotopic (exact) mass is 534 g/mol. The van der Waals surface area contributed by atoms with Gasteiger partial charge in [-0.2, -0.15) is 0 Å². The van der Waals surface area contributed by atoms with Gasteiger partial charge >= 0.3 is 12.1 Å².